The van der Waals surface area contributed by atoms with Crippen molar-refractivity contribution in [3.63, 3.8) is 0 Å². The fourth-order valence-electron chi connectivity index (χ4n) is 10.0. The zero-order valence-electron chi connectivity index (χ0n) is 33.9. The Hall–Kier alpha value is -8.14. The average Bonchev–Trinajstić information content (AvgIpc) is 3.65. The summed E-state index contributed by atoms with van der Waals surface area (Å²) in [5.41, 5.74) is 20.1. The molecule has 2 aliphatic rings. The molecule has 0 bridgehead atoms. The molecule has 3 nitrogen and oxygen atoms in total. The van der Waals surface area contributed by atoms with Crippen molar-refractivity contribution >= 4 is 17.1 Å². The van der Waals surface area contributed by atoms with Crippen LogP contribution in [0.1, 0.15) is 22.3 Å². The van der Waals surface area contributed by atoms with E-state index in [2.05, 4.69) is 235 Å². The molecule has 1 aliphatic carbocycles. The SMILES string of the molecule is c1ccc(-c2cccc(-c3nc(-c4ccccc4)cc(-c4ccccc4-c4ccc5c(c4)-c4ccccc4C54c5ccccc5N(c5ccccc5)c5ccccc54)n3)c2)cc1. The number of para-hydroxylation sites is 3. The Kier molecular flexibility index (Phi) is 8.39. The molecular formula is C59H39N3. The van der Waals surface area contributed by atoms with Gasteiger partial charge in [-0.2, -0.15) is 0 Å². The topological polar surface area (TPSA) is 29.0 Å². The lowest BCUT2D eigenvalue weighted by Gasteiger charge is -2.45. The van der Waals surface area contributed by atoms with Crippen LogP contribution in [0.5, 0.6) is 0 Å². The third-order valence-electron chi connectivity index (χ3n) is 12.7. The Morgan fingerprint density at radius 2 is 0.806 bits per heavy atom. The number of rotatable bonds is 6. The van der Waals surface area contributed by atoms with Crippen LogP contribution in [-0.2, 0) is 5.41 Å². The quantitative estimate of drug-likeness (QED) is 0.168. The Bertz CT molecular complexity index is 3250. The minimum absolute atomic E-state index is 0.511. The normalized spacial score (nSPS) is 12.9. The molecule has 62 heavy (non-hydrogen) atoms. The maximum atomic E-state index is 5.36. The van der Waals surface area contributed by atoms with E-state index in [1.807, 2.05) is 6.07 Å². The van der Waals surface area contributed by atoms with E-state index in [4.69, 9.17) is 9.97 Å². The first kappa shape index (κ1) is 35.8. The molecule has 0 atom stereocenters. The molecular weight excluding hydrogens is 751 g/mol. The molecule has 0 amide bonds. The van der Waals surface area contributed by atoms with Gasteiger partial charge >= 0.3 is 0 Å². The summed E-state index contributed by atoms with van der Waals surface area (Å²) < 4.78 is 0. The van der Waals surface area contributed by atoms with Crippen molar-refractivity contribution in [3.05, 3.63) is 259 Å². The summed E-state index contributed by atoms with van der Waals surface area (Å²) in [6, 6.07) is 85.2. The van der Waals surface area contributed by atoms with Crippen molar-refractivity contribution in [3.8, 4) is 67.3 Å². The van der Waals surface area contributed by atoms with Crippen LogP contribution >= 0.6 is 0 Å². The smallest absolute Gasteiger partial charge is 0.160 e. The summed E-state index contributed by atoms with van der Waals surface area (Å²) in [6.45, 7) is 0. The first-order valence-corrected chi connectivity index (χ1v) is 21.2. The number of aromatic nitrogens is 2. The van der Waals surface area contributed by atoms with E-state index in [1.54, 1.807) is 0 Å². The van der Waals surface area contributed by atoms with E-state index in [-0.39, 0.29) is 0 Å². The van der Waals surface area contributed by atoms with Crippen LogP contribution in [0.25, 0.3) is 67.3 Å². The first-order valence-electron chi connectivity index (χ1n) is 21.2. The van der Waals surface area contributed by atoms with Crippen molar-refractivity contribution in [2.45, 2.75) is 5.41 Å². The van der Waals surface area contributed by atoms with Gasteiger partial charge in [0.15, 0.2) is 5.82 Å². The molecule has 3 heteroatoms. The highest BCUT2D eigenvalue weighted by atomic mass is 15.2. The molecule has 9 aromatic carbocycles. The van der Waals surface area contributed by atoms with Crippen LogP contribution in [-0.4, -0.2) is 9.97 Å². The molecule has 0 saturated heterocycles. The zero-order chi connectivity index (χ0) is 41.0. The molecule has 1 aromatic heterocycles. The second-order valence-corrected chi connectivity index (χ2v) is 16.1. The summed E-state index contributed by atoms with van der Waals surface area (Å²) in [5.74, 6) is 0.693. The summed E-state index contributed by atoms with van der Waals surface area (Å²) in [5, 5.41) is 0. The second-order valence-electron chi connectivity index (χ2n) is 16.1. The van der Waals surface area contributed by atoms with Crippen LogP contribution < -0.4 is 4.90 Å². The number of nitrogens with zero attached hydrogens (tertiary/aromatic N) is 3. The number of anilines is 3. The Morgan fingerprint density at radius 3 is 1.52 bits per heavy atom. The van der Waals surface area contributed by atoms with E-state index >= 15 is 0 Å². The van der Waals surface area contributed by atoms with Crippen LogP contribution in [0.3, 0.4) is 0 Å². The molecule has 1 aliphatic heterocycles. The molecule has 2 heterocycles. The highest BCUT2D eigenvalue weighted by Crippen LogP contribution is 2.63. The third-order valence-corrected chi connectivity index (χ3v) is 12.7. The minimum atomic E-state index is -0.511. The van der Waals surface area contributed by atoms with Gasteiger partial charge in [0.1, 0.15) is 0 Å². The molecule has 290 valence electrons. The second kappa shape index (κ2) is 14.5. The van der Waals surface area contributed by atoms with Gasteiger partial charge in [-0.1, -0.05) is 194 Å². The predicted molar refractivity (Wildman–Crippen MR) is 255 cm³/mol. The average molecular weight is 790 g/mol. The van der Waals surface area contributed by atoms with E-state index in [1.165, 1.54) is 44.8 Å². The number of hydrogen-bond acceptors (Lipinski definition) is 3. The monoisotopic (exact) mass is 789 g/mol. The Morgan fingerprint density at radius 1 is 0.290 bits per heavy atom. The van der Waals surface area contributed by atoms with Crippen LogP contribution in [0.4, 0.5) is 17.1 Å². The minimum Gasteiger partial charge on any atom is -0.310 e. The molecule has 12 rings (SSSR count). The lowest BCUT2D eigenvalue weighted by molar-refractivity contribution is 0.753. The van der Waals surface area contributed by atoms with E-state index in [0.717, 1.165) is 56.0 Å². The van der Waals surface area contributed by atoms with Gasteiger partial charge in [-0.15, -0.1) is 0 Å². The lowest BCUT2D eigenvalue weighted by Crippen LogP contribution is -2.36. The van der Waals surface area contributed by atoms with Gasteiger partial charge in [0.2, 0.25) is 0 Å². The summed E-state index contributed by atoms with van der Waals surface area (Å²) >= 11 is 0. The van der Waals surface area contributed by atoms with E-state index in [9.17, 15) is 0 Å². The summed E-state index contributed by atoms with van der Waals surface area (Å²) in [7, 11) is 0. The standard InChI is InChI=1S/C59H39N3/c1-4-19-40(20-5-1)42-23-18-24-44(37-42)58-60-54(41-21-6-2-7-22-41)39-55(61-58)48-29-11-10-27-46(48)43-35-36-51-49(38-43)47-28-12-13-30-50(47)59(51)52-31-14-16-33-56(52)62(45-25-8-3-9-26-45)57-34-17-15-32-53(57)59/h1-39H. The number of hydrogen-bond donors (Lipinski definition) is 0. The Balaban J connectivity index is 1.04. The fourth-order valence-corrected chi connectivity index (χ4v) is 10.0. The number of benzene rings is 9. The molecule has 0 radical (unpaired) electrons. The molecule has 0 unspecified atom stereocenters. The largest absolute Gasteiger partial charge is 0.310 e. The lowest BCUT2D eigenvalue weighted by atomic mass is 9.64. The molecule has 10 aromatic rings. The number of fused-ring (bicyclic) bond motifs is 9. The van der Waals surface area contributed by atoms with Gasteiger partial charge in [-0.3, -0.25) is 0 Å². The van der Waals surface area contributed by atoms with Crippen LogP contribution in [0, 0.1) is 0 Å². The highest BCUT2D eigenvalue weighted by molar-refractivity contribution is 5.97. The van der Waals surface area contributed by atoms with Gasteiger partial charge in [-0.05, 0) is 98.1 Å². The molecule has 0 fully saturated rings. The highest BCUT2D eigenvalue weighted by Gasteiger charge is 2.51. The van der Waals surface area contributed by atoms with E-state index in [0.29, 0.717) is 5.82 Å². The van der Waals surface area contributed by atoms with Crippen molar-refractivity contribution in [1.29, 1.82) is 0 Å². The molecule has 1 spiro atoms. The Labute approximate surface area is 361 Å². The van der Waals surface area contributed by atoms with Gasteiger partial charge in [0.05, 0.1) is 28.2 Å². The predicted octanol–water partition coefficient (Wildman–Crippen LogP) is 15.0. The summed E-state index contributed by atoms with van der Waals surface area (Å²) in [6.07, 6.45) is 0. The zero-order valence-corrected chi connectivity index (χ0v) is 33.9. The van der Waals surface area contributed by atoms with Crippen LogP contribution in [0.2, 0.25) is 0 Å². The van der Waals surface area contributed by atoms with Crippen LogP contribution in [0.15, 0.2) is 237 Å². The fraction of sp³-hybridized carbons (Fsp3) is 0.0169. The first-order chi connectivity index (χ1) is 30.8. The maximum Gasteiger partial charge on any atom is 0.160 e. The van der Waals surface area contributed by atoms with Crippen molar-refractivity contribution in [1.82, 2.24) is 9.97 Å². The third kappa shape index (κ3) is 5.59. The summed E-state index contributed by atoms with van der Waals surface area (Å²) in [4.78, 5) is 13.0. The molecule has 0 N–H and O–H groups in total. The van der Waals surface area contributed by atoms with Gasteiger partial charge in [0.25, 0.3) is 0 Å². The van der Waals surface area contributed by atoms with Crippen molar-refractivity contribution in [2.24, 2.45) is 0 Å². The van der Waals surface area contributed by atoms with E-state index < -0.39 is 5.41 Å². The van der Waals surface area contributed by atoms with Crippen molar-refractivity contribution in [2.75, 3.05) is 4.90 Å². The van der Waals surface area contributed by atoms with Gasteiger partial charge < -0.3 is 4.90 Å². The van der Waals surface area contributed by atoms with Gasteiger partial charge in [-0.25, -0.2) is 9.97 Å². The van der Waals surface area contributed by atoms with Gasteiger partial charge in [0, 0.05) is 22.4 Å². The maximum absolute atomic E-state index is 5.36. The van der Waals surface area contributed by atoms with Crippen molar-refractivity contribution < 1.29 is 0 Å². The molecule has 0 saturated carbocycles.